The van der Waals surface area contributed by atoms with Crippen LogP contribution in [0.4, 0.5) is 13.2 Å². The molecular formula is C11H7F3N2O4S. The van der Waals surface area contributed by atoms with Crippen LogP contribution in [0, 0.1) is 0 Å². The summed E-state index contributed by atoms with van der Waals surface area (Å²) in [6, 6.07) is 2.75. The molecule has 0 unspecified atom stereocenters. The number of halogens is 3. The molecule has 0 bridgehead atoms. The van der Waals surface area contributed by atoms with Crippen LogP contribution in [0.1, 0.15) is 22.0 Å². The number of aromatic carboxylic acids is 1. The number of nitrogens with one attached hydrogen (secondary N) is 1. The Morgan fingerprint density at radius 1 is 1.43 bits per heavy atom. The van der Waals surface area contributed by atoms with Gasteiger partial charge < -0.3 is 14.5 Å². The molecule has 0 aromatic carbocycles. The van der Waals surface area contributed by atoms with Crippen molar-refractivity contribution in [1.29, 1.82) is 0 Å². The number of H-pyrrole nitrogens is 1. The molecule has 0 saturated carbocycles. The zero-order valence-corrected chi connectivity index (χ0v) is 10.9. The molecule has 0 aliphatic rings. The van der Waals surface area contributed by atoms with Gasteiger partial charge in [-0.25, -0.2) is 9.78 Å². The number of furan rings is 1. The predicted octanol–water partition coefficient (Wildman–Crippen LogP) is 2.37. The van der Waals surface area contributed by atoms with E-state index in [-0.39, 0.29) is 16.7 Å². The largest absolute Gasteiger partial charge is 0.477 e. The zero-order valence-electron chi connectivity index (χ0n) is 10.1. The number of alkyl halides is 3. The Morgan fingerprint density at radius 3 is 2.71 bits per heavy atom. The van der Waals surface area contributed by atoms with Crippen molar-refractivity contribution in [3.8, 4) is 0 Å². The van der Waals surface area contributed by atoms with Crippen LogP contribution in [-0.2, 0) is 11.9 Å². The van der Waals surface area contributed by atoms with Crippen LogP contribution in [0.5, 0.6) is 0 Å². The number of hydrogen-bond donors (Lipinski definition) is 2. The quantitative estimate of drug-likeness (QED) is 0.663. The average molecular weight is 320 g/mol. The van der Waals surface area contributed by atoms with Crippen molar-refractivity contribution in [3.05, 3.63) is 45.8 Å². The highest BCUT2D eigenvalue weighted by Crippen LogP contribution is 2.31. The first-order valence-corrected chi connectivity index (χ1v) is 6.37. The molecule has 0 amide bonds. The van der Waals surface area contributed by atoms with Crippen molar-refractivity contribution in [2.75, 3.05) is 0 Å². The summed E-state index contributed by atoms with van der Waals surface area (Å²) < 4.78 is 41.6. The maximum atomic E-state index is 12.3. The van der Waals surface area contributed by atoms with Crippen molar-refractivity contribution in [2.45, 2.75) is 17.1 Å². The lowest BCUT2D eigenvalue weighted by Gasteiger charge is -2.02. The molecule has 2 rings (SSSR count). The monoisotopic (exact) mass is 320 g/mol. The molecule has 0 fully saturated rings. The van der Waals surface area contributed by atoms with Crippen molar-refractivity contribution < 1.29 is 27.5 Å². The fraction of sp³-hybridized carbons (Fsp3) is 0.182. The van der Waals surface area contributed by atoms with Crippen LogP contribution in [0.2, 0.25) is 0 Å². The summed E-state index contributed by atoms with van der Waals surface area (Å²) in [5.41, 5.74) is -1.11. The summed E-state index contributed by atoms with van der Waals surface area (Å²) in [7, 11) is 0. The van der Waals surface area contributed by atoms with E-state index in [1.807, 2.05) is 0 Å². The van der Waals surface area contributed by atoms with Crippen molar-refractivity contribution >= 4 is 17.7 Å². The highest BCUT2D eigenvalue weighted by Gasteiger charge is 2.34. The van der Waals surface area contributed by atoms with E-state index >= 15 is 0 Å². The van der Waals surface area contributed by atoms with E-state index in [2.05, 4.69) is 14.4 Å². The molecule has 2 aromatic rings. The molecule has 0 spiro atoms. The van der Waals surface area contributed by atoms with Crippen LogP contribution in [0.3, 0.4) is 0 Å². The molecule has 2 heterocycles. The lowest BCUT2D eigenvalue weighted by Crippen LogP contribution is -2.13. The number of nitrogens with zero attached hydrogens (tertiary/aromatic N) is 1. The second kappa shape index (κ2) is 5.64. The van der Waals surface area contributed by atoms with Crippen molar-refractivity contribution in [3.63, 3.8) is 0 Å². The van der Waals surface area contributed by atoms with Gasteiger partial charge in [-0.15, -0.1) is 0 Å². The molecule has 2 aromatic heterocycles. The van der Waals surface area contributed by atoms with E-state index < -0.39 is 29.2 Å². The fourth-order valence-corrected chi connectivity index (χ4v) is 2.13. The van der Waals surface area contributed by atoms with Gasteiger partial charge >= 0.3 is 12.1 Å². The van der Waals surface area contributed by atoms with Gasteiger partial charge in [-0.05, 0) is 12.1 Å². The summed E-state index contributed by atoms with van der Waals surface area (Å²) in [5.74, 6) is -2.52. The molecular weight excluding hydrogens is 313 g/mol. The lowest BCUT2D eigenvalue weighted by atomic mass is 10.4. The topological polar surface area (TPSA) is 96.2 Å². The normalized spacial score (nSPS) is 11.6. The SMILES string of the molecule is O=C(O)c1cc(=O)[nH]c(SCc2ccc(C(F)(F)F)o2)n1. The third-order valence-corrected chi connectivity index (χ3v) is 3.13. The summed E-state index contributed by atoms with van der Waals surface area (Å²) in [6.07, 6.45) is -4.57. The summed E-state index contributed by atoms with van der Waals surface area (Å²) in [6.45, 7) is 0. The number of aromatic amines is 1. The Kier molecular flexibility index (Phi) is 4.07. The van der Waals surface area contributed by atoms with Crippen molar-refractivity contribution in [1.82, 2.24) is 9.97 Å². The van der Waals surface area contributed by atoms with Gasteiger partial charge in [0, 0.05) is 6.07 Å². The number of carbonyl (C=O) groups is 1. The Bertz CT molecular complexity index is 723. The maximum Gasteiger partial charge on any atom is 0.449 e. The van der Waals surface area contributed by atoms with E-state index in [4.69, 9.17) is 5.11 Å². The van der Waals surface area contributed by atoms with Gasteiger partial charge in [0.1, 0.15) is 5.76 Å². The number of thioether (sulfide) groups is 1. The van der Waals surface area contributed by atoms with Gasteiger partial charge in [0.15, 0.2) is 10.9 Å². The molecule has 0 aliphatic heterocycles. The average Bonchev–Trinajstić information content (AvgIpc) is 2.84. The van der Waals surface area contributed by atoms with E-state index in [1.54, 1.807) is 0 Å². The number of rotatable bonds is 4. The Morgan fingerprint density at radius 2 is 2.14 bits per heavy atom. The van der Waals surface area contributed by atoms with Gasteiger partial charge in [-0.3, -0.25) is 4.79 Å². The van der Waals surface area contributed by atoms with Gasteiger partial charge in [0.05, 0.1) is 5.75 Å². The third-order valence-electron chi connectivity index (χ3n) is 2.23. The van der Waals surface area contributed by atoms with Gasteiger partial charge in [-0.1, -0.05) is 11.8 Å². The molecule has 10 heteroatoms. The van der Waals surface area contributed by atoms with E-state index in [1.165, 1.54) is 0 Å². The van der Waals surface area contributed by atoms with Gasteiger partial charge in [-0.2, -0.15) is 13.2 Å². The van der Waals surface area contributed by atoms with Crippen LogP contribution in [0.25, 0.3) is 0 Å². The Labute approximate surface area is 119 Å². The van der Waals surface area contributed by atoms with E-state index in [0.29, 0.717) is 0 Å². The van der Waals surface area contributed by atoms with Crippen LogP contribution in [0.15, 0.2) is 32.6 Å². The zero-order chi connectivity index (χ0) is 15.6. The van der Waals surface area contributed by atoms with Gasteiger partial charge in [0.2, 0.25) is 5.76 Å². The smallest absolute Gasteiger partial charge is 0.449 e. The molecule has 0 saturated heterocycles. The van der Waals surface area contributed by atoms with Gasteiger partial charge in [0.25, 0.3) is 5.56 Å². The molecule has 2 N–H and O–H groups in total. The minimum atomic E-state index is -4.57. The Hall–Kier alpha value is -2.23. The second-order valence-corrected chi connectivity index (χ2v) is 4.76. The second-order valence-electron chi connectivity index (χ2n) is 3.79. The summed E-state index contributed by atoms with van der Waals surface area (Å²) in [5, 5.41) is 8.72. The van der Waals surface area contributed by atoms with Crippen molar-refractivity contribution in [2.24, 2.45) is 0 Å². The Balaban J connectivity index is 2.11. The van der Waals surface area contributed by atoms with Crippen LogP contribution in [-0.4, -0.2) is 21.0 Å². The molecule has 0 atom stereocenters. The predicted molar refractivity (Wildman–Crippen MR) is 65.1 cm³/mol. The number of hydrogen-bond acceptors (Lipinski definition) is 5. The minimum Gasteiger partial charge on any atom is -0.477 e. The first-order chi connectivity index (χ1) is 9.75. The number of carboxylic acids is 1. The minimum absolute atomic E-state index is 0.0233. The summed E-state index contributed by atoms with van der Waals surface area (Å²) >= 11 is 0.852. The standard InChI is InChI=1S/C11H7F3N2O4S/c12-11(13,14)7-2-1-5(20-7)4-21-10-15-6(9(18)19)3-8(17)16-10/h1-3H,4H2,(H,18,19)(H,15,16,17). The molecule has 21 heavy (non-hydrogen) atoms. The summed E-state index contributed by atoms with van der Waals surface area (Å²) in [4.78, 5) is 27.9. The molecule has 112 valence electrons. The number of aromatic nitrogens is 2. The number of carboxylic acid groups (broad SMARTS) is 1. The van der Waals surface area contributed by atoms with Crippen LogP contribution < -0.4 is 5.56 Å². The first kappa shape index (κ1) is 15.2. The molecule has 0 radical (unpaired) electrons. The maximum absolute atomic E-state index is 12.3. The molecule has 6 nitrogen and oxygen atoms in total. The first-order valence-electron chi connectivity index (χ1n) is 5.39. The van der Waals surface area contributed by atoms with E-state index in [0.717, 1.165) is 30.0 Å². The molecule has 0 aliphatic carbocycles. The van der Waals surface area contributed by atoms with E-state index in [9.17, 15) is 22.8 Å². The highest BCUT2D eigenvalue weighted by molar-refractivity contribution is 7.98. The lowest BCUT2D eigenvalue weighted by molar-refractivity contribution is -0.153. The fourth-order valence-electron chi connectivity index (χ4n) is 1.36. The highest BCUT2D eigenvalue weighted by atomic mass is 32.2. The third kappa shape index (κ3) is 3.88. The van der Waals surface area contributed by atoms with Crippen LogP contribution >= 0.6 is 11.8 Å².